The van der Waals surface area contributed by atoms with E-state index in [0.717, 1.165) is 50.3 Å². The Balaban J connectivity index is 1.21. The van der Waals surface area contributed by atoms with E-state index in [1.165, 1.54) is 5.56 Å². The average Bonchev–Trinajstić information content (AvgIpc) is 3.14. The number of cyclic esters (lactones) is 1. The summed E-state index contributed by atoms with van der Waals surface area (Å²) in [7, 11) is 0. The van der Waals surface area contributed by atoms with Gasteiger partial charge in [0, 0.05) is 50.4 Å². The van der Waals surface area contributed by atoms with Crippen LogP contribution in [0.15, 0.2) is 54.6 Å². The number of anilines is 1. The standard InChI is InChI=1S/C24H29N3O3/c28-23-16-25(14-18-6-2-1-3-7-18)15-22(23)26-12-10-20(11-13-26)27-21-9-5-4-8-19(21)17-30-24(27)29/h1-9,20,22-23,28H,10-17H2. The lowest BCUT2D eigenvalue weighted by molar-refractivity contribution is 0.0644. The molecular weight excluding hydrogens is 378 g/mol. The molecule has 0 radical (unpaired) electrons. The number of amides is 1. The van der Waals surface area contributed by atoms with Gasteiger partial charge in [0.25, 0.3) is 0 Å². The molecule has 2 saturated heterocycles. The van der Waals surface area contributed by atoms with E-state index in [-0.39, 0.29) is 24.3 Å². The van der Waals surface area contributed by atoms with Crippen LogP contribution >= 0.6 is 0 Å². The van der Waals surface area contributed by atoms with E-state index in [4.69, 9.17) is 4.74 Å². The molecule has 0 aliphatic carbocycles. The van der Waals surface area contributed by atoms with Crippen LogP contribution in [0.4, 0.5) is 10.5 Å². The molecule has 2 fully saturated rings. The van der Waals surface area contributed by atoms with Gasteiger partial charge in [0.05, 0.1) is 11.8 Å². The van der Waals surface area contributed by atoms with Crippen molar-refractivity contribution in [2.45, 2.75) is 44.2 Å². The second-order valence-electron chi connectivity index (χ2n) is 8.63. The van der Waals surface area contributed by atoms with Crippen molar-refractivity contribution >= 4 is 11.8 Å². The molecule has 0 spiro atoms. The third kappa shape index (κ3) is 3.83. The average molecular weight is 408 g/mol. The number of para-hydroxylation sites is 1. The number of β-amino-alcohol motifs (C(OH)–C–C–N with tert-alkyl or cyclic N) is 1. The molecule has 0 saturated carbocycles. The minimum atomic E-state index is -0.328. The molecule has 6 heteroatoms. The van der Waals surface area contributed by atoms with E-state index in [1.807, 2.05) is 35.2 Å². The Labute approximate surface area is 177 Å². The molecule has 0 bridgehead atoms. The van der Waals surface area contributed by atoms with E-state index < -0.39 is 0 Å². The van der Waals surface area contributed by atoms with E-state index in [1.54, 1.807) is 0 Å². The van der Waals surface area contributed by atoms with E-state index in [0.29, 0.717) is 13.2 Å². The Morgan fingerprint density at radius 3 is 2.50 bits per heavy atom. The van der Waals surface area contributed by atoms with Gasteiger partial charge in [-0.25, -0.2) is 4.79 Å². The largest absolute Gasteiger partial charge is 0.444 e. The summed E-state index contributed by atoms with van der Waals surface area (Å²) in [4.78, 5) is 19.1. The first-order chi connectivity index (χ1) is 14.7. The van der Waals surface area contributed by atoms with Gasteiger partial charge in [-0.1, -0.05) is 48.5 Å². The van der Waals surface area contributed by atoms with E-state index in [9.17, 15) is 9.90 Å². The molecule has 6 nitrogen and oxygen atoms in total. The fourth-order valence-corrected chi connectivity index (χ4v) is 5.17. The molecule has 5 rings (SSSR count). The Morgan fingerprint density at radius 2 is 1.70 bits per heavy atom. The Bertz CT molecular complexity index is 882. The summed E-state index contributed by atoms with van der Waals surface area (Å²) in [5.41, 5.74) is 3.34. The molecule has 1 N–H and O–H groups in total. The lowest BCUT2D eigenvalue weighted by Crippen LogP contribution is -2.53. The normalized spacial score (nSPS) is 25.9. The first kappa shape index (κ1) is 19.5. The lowest BCUT2D eigenvalue weighted by Gasteiger charge is -2.42. The topological polar surface area (TPSA) is 56.2 Å². The molecule has 0 aromatic heterocycles. The highest BCUT2D eigenvalue weighted by molar-refractivity contribution is 5.91. The van der Waals surface area contributed by atoms with Gasteiger partial charge in [-0.3, -0.25) is 14.7 Å². The highest BCUT2D eigenvalue weighted by Crippen LogP contribution is 2.32. The highest BCUT2D eigenvalue weighted by atomic mass is 16.6. The number of aliphatic hydroxyl groups is 1. The number of carbonyl (C=O) groups excluding carboxylic acids is 1. The first-order valence-electron chi connectivity index (χ1n) is 10.9. The van der Waals surface area contributed by atoms with Crippen molar-refractivity contribution in [1.29, 1.82) is 0 Å². The second-order valence-corrected chi connectivity index (χ2v) is 8.63. The molecule has 30 heavy (non-hydrogen) atoms. The van der Waals surface area contributed by atoms with Gasteiger partial charge < -0.3 is 9.84 Å². The predicted molar refractivity (Wildman–Crippen MR) is 115 cm³/mol. The van der Waals surface area contributed by atoms with Crippen molar-refractivity contribution < 1.29 is 14.6 Å². The van der Waals surface area contributed by atoms with Crippen LogP contribution in [0.25, 0.3) is 0 Å². The Kier molecular flexibility index (Phi) is 5.46. The van der Waals surface area contributed by atoms with Crippen molar-refractivity contribution in [1.82, 2.24) is 9.80 Å². The van der Waals surface area contributed by atoms with Gasteiger partial charge in [0.1, 0.15) is 6.61 Å². The fourth-order valence-electron chi connectivity index (χ4n) is 5.17. The summed E-state index contributed by atoms with van der Waals surface area (Å²) >= 11 is 0. The molecule has 2 aromatic carbocycles. The maximum atomic E-state index is 12.5. The van der Waals surface area contributed by atoms with E-state index in [2.05, 4.69) is 34.1 Å². The number of likely N-dealkylation sites (tertiary alicyclic amines) is 2. The second kappa shape index (κ2) is 8.38. The number of hydrogen-bond acceptors (Lipinski definition) is 5. The molecule has 2 aromatic rings. The molecular formula is C24H29N3O3. The van der Waals surface area contributed by atoms with Crippen LogP contribution in [0.2, 0.25) is 0 Å². The number of rotatable bonds is 4. The minimum Gasteiger partial charge on any atom is -0.444 e. The van der Waals surface area contributed by atoms with Gasteiger partial charge in [-0.2, -0.15) is 0 Å². The summed E-state index contributed by atoms with van der Waals surface area (Å²) in [6.45, 7) is 4.60. The maximum absolute atomic E-state index is 12.5. The van der Waals surface area contributed by atoms with Crippen molar-refractivity contribution in [3.63, 3.8) is 0 Å². The third-order valence-electron chi connectivity index (χ3n) is 6.72. The van der Waals surface area contributed by atoms with Gasteiger partial charge in [-0.15, -0.1) is 0 Å². The summed E-state index contributed by atoms with van der Waals surface area (Å²) in [6.07, 6.45) is 1.23. The Hall–Kier alpha value is -2.41. The zero-order chi connectivity index (χ0) is 20.5. The third-order valence-corrected chi connectivity index (χ3v) is 6.72. The Morgan fingerprint density at radius 1 is 0.967 bits per heavy atom. The number of hydrogen-bond donors (Lipinski definition) is 1. The van der Waals surface area contributed by atoms with E-state index >= 15 is 0 Å². The van der Waals surface area contributed by atoms with Gasteiger partial charge in [0.15, 0.2) is 0 Å². The molecule has 3 aliphatic rings. The van der Waals surface area contributed by atoms with Crippen molar-refractivity contribution in [3.8, 4) is 0 Å². The van der Waals surface area contributed by atoms with Crippen LogP contribution in [0.1, 0.15) is 24.0 Å². The molecule has 3 heterocycles. The quantitative estimate of drug-likeness (QED) is 0.845. The molecule has 3 aliphatic heterocycles. The highest BCUT2D eigenvalue weighted by Gasteiger charge is 2.39. The summed E-state index contributed by atoms with van der Waals surface area (Å²) in [5.74, 6) is 0. The number of nitrogens with zero attached hydrogens (tertiary/aromatic N) is 3. The van der Waals surface area contributed by atoms with Crippen LogP contribution in [0.5, 0.6) is 0 Å². The number of ether oxygens (including phenoxy) is 1. The van der Waals surface area contributed by atoms with Crippen LogP contribution in [-0.2, 0) is 17.9 Å². The van der Waals surface area contributed by atoms with Crippen molar-refractivity contribution in [3.05, 3.63) is 65.7 Å². The number of benzene rings is 2. The zero-order valence-corrected chi connectivity index (χ0v) is 17.2. The minimum absolute atomic E-state index is 0.147. The molecule has 2 atom stereocenters. The van der Waals surface area contributed by atoms with Gasteiger partial charge in [0.2, 0.25) is 0 Å². The lowest BCUT2D eigenvalue weighted by atomic mass is 9.99. The zero-order valence-electron chi connectivity index (χ0n) is 17.2. The first-order valence-corrected chi connectivity index (χ1v) is 10.9. The summed E-state index contributed by atoms with van der Waals surface area (Å²) in [5, 5.41) is 10.7. The molecule has 1 amide bonds. The number of fused-ring (bicyclic) bond motifs is 1. The molecule has 2 unspecified atom stereocenters. The van der Waals surface area contributed by atoms with Gasteiger partial charge >= 0.3 is 6.09 Å². The summed E-state index contributed by atoms with van der Waals surface area (Å²) in [6, 6.07) is 18.8. The van der Waals surface area contributed by atoms with Crippen LogP contribution < -0.4 is 4.90 Å². The fraction of sp³-hybridized carbons (Fsp3) is 0.458. The summed E-state index contributed by atoms with van der Waals surface area (Å²) < 4.78 is 5.41. The number of aliphatic hydroxyl groups excluding tert-OH is 1. The van der Waals surface area contributed by atoms with Crippen LogP contribution in [0, 0.1) is 0 Å². The number of carbonyl (C=O) groups is 1. The number of piperidine rings is 1. The van der Waals surface area contributed by atoms with Crippen molar-refractivity contribution in [2.75, 3.05) is 31.1 Å². The van der Waals surface area contributed by atoms with Gasteiger partial charge in [-0.05, 0) is 24.5 Å². The smallest absolute Gasteiger partial charge is 0.414 e. The maximum Gasteiger partial charge on any atom is 0.414 e. The monoisotopic (exact) mass is 407 g/mol. The predicted octanol–water partition coefficient (Wildman–Crippen LogP) is 2.85. The van der Waals surface area contributed by atoms with Crippen molar-refractivity contribution in [2.24, 2.45) is 0 Å². The SMILES string of the molecule is O=C1OCc2ccccc2N1C1CCN(C2CN(Cc3ccccc3)CC2O)CC1. The molecule has 158 valence electrons. The van der Waals surface area contributed by atoms with Crippen LogP contribution in [-0.4, -0.2) is 65.4 Å². The van der Waals surface area contributed by atoms with Crippen LogP contribution in [0.3, 0.4) is 0 Å².